The SMILES string of the molecule is CC(C)C(NS(=O)(=O)c1cc(Cl)ccc1Cl)C(=O)O. The summed E-state index contributed by atoms with van der Waals surface area (Å²) in [5.41, 5.74) is 0. The van der Waals surface area contributed by atoms with Crippen LogP contribution in [-0.2, 0) is 14.8 Å². The molecule has 1 atom stereocenters. The Morgan fingerprint density at radius 3 is 2.37 bits per heavy atom. The molecule has 0 spiro atoms. The Morgan fingerprint density at radius 1 is 1.32 bits per heavy atom. The van der Waals surface area contributed by atoms with E-state index in [0.29, 0.717) is 0 Å². The Kier molecular flexibility index (Phi) is 5.20. The van der Waals surface area contributed by atoms with Gasteiger partial charge in [0.2, 0.25) is 10.0 Å². The van der Waals surface area contributed by atoms with E-state index in [0.717, 1.165) is 0 Å². The van der Waals surface area contributed by atoms with Gasteiger partial charge in [-0.2, -0.15) is 4.72 Å². The summed E-state index contributed by atoms with van der Waals surface area (Å²) in [6, 6.07) is 2.72. The normalized spacial score (nSPS) is 13.5. The number of carboxylic acids is 1. The van der Waals surface area contributed by atoms with E-state index in [4.69, 9.17) is 28.3 Å². The van der Waals surface area contributed by atoms with E-state index < -0.39 is 28.0 Å². The van der Waals surface area contributed by atoms with E-state index in [1.807, 2.05) is 0 Å². The summed E-state index contributed by atoms with van der Waals surface area (Å²) in [7, 11) is -4.05. The van der Waals surface area contributed by atoms with Gasteiger partial charge in [-0.25, -0.2) is 8.42 Å². The molecule has 8 heteroatoms. The monoisotopic (exact) mass is 325 g/mol. The Hall–Kier alpha value is -0.820. The molecule has 0 bridgehead atoms. The minimum absolute atomic E-state index is 0.0233. The maximum Gasteiger partial charge on any atom is 0.322 e. The third kappa shape index (κ3) is 4.07. The fourth-order valence-electron chi connectivity index (χ4n) is 1.39. The number of hydrogen-bond donors (Lipinski definition) is 2. The van der Waals surface area contributed by atoms with Crippen molar-refractivity contribution in [3.8, 4) is 0 Å². The van der Waals surface area contributed by atoms with Crippen LogP contribution in [0.15, 0.2) is 23.1 Å². The molecular formula is C11H13Cl2NO4S. The van der Waals surface area contributed by atoms with E-state index in [9.17, 15) is 13.2 Å². The summed E-state index contributed by atoms with van der Waals surface area (Å²) >= 11 is 11.5. The van der Waals surface area contributed by atoms with Crippen molar-refractivity contribution in [2.24, 2.45) is 5.92 Å². The zero-order chi connectivity index (χ0) is 14.8. The van der Waals surface area contributed by atoms with Crippen molar-refractivity contribution in [2.45, 2.75) is 24.8 Å². The van der Waals surface area contributed by atoms with Crippen molar-refractivity contribution in [2.75, 3.05) is 0 Å². The number of benzene rings is 1. The van der Waals surface area contributed by atoms with Gasteiger partial charge in [-0.05, 0) is 24.1 Å². The second kappa shape index (κ2) is 6.09. The topological polar surface area (TPSA) is 83.5 Å². The Labute approximate surface area is 121 Å². The Bertz CT molecular complexity index is 586. The molecular weight excluding hydrogens is 313 g/mol. The van der Waals surface area contributed by atoms with Gasteiger partial charge in [0.05, 0.1) is 5.02 Å². The molecule has 1 aromatic rings. The minimum Gasteiger partial charge on any atom is -0.480 e. The van der Waals surface area contributed by atoms with Gasteiger partial charge in [0.25, 0.3) is 0 Å². The number of aliphatic carboxylic acids is 1. The lowest BCUT2D eigenvalue weighted by Crippen LogP contribution is -2.44. The quantitative estimate of drug-likeness (QED) is 0.870. The van der Waals surface area contributed by atoms with Crippen LogP contribution in [-0.4, -0.2) is 25.5 Å². The molecule has 2 N–H and O–H groups in total. The summed E-state index contributed by atoms with van der Waals surface area (Å²) in [6.07, 6.45) is 0. The lowest BCUT2D eigenvalue weighted by Gasteiger charge is -2.18. The molecule has 0 aliphatic heterocycles. The first-order valence-electron chi connectivity index (χ1n) is 5.35. The Morgan fingerprint density at radius 2 is 1.89 bits per heavy atom. The molecule has 0 saturated carbocycles. The minimum atomic E-state index is -4.05. The predicted octanol–water partition coefficient (Wildman–Crippen LogP) is 2.38. The van der Waals surface area contributed by atoms with Crippen LogP contribution in [0.25, 0.3) is 0 Å². The average Bonchev–Trinajstić information content (AvgIpc) is 2.28. The van der Waals surface area contributed by atoms with Crippen LogP contribution in [0.2, 0.25) is 10.0 Å². The van der Waals surface area contributed by atoms with E-state index in [2.05, 4.69) is 4.72 Å². The first-order chi connectivity index (χ1) is 8.65. The van der Waals surface area contributed by atoms with Crippen LogP contribution in [0.1, 0.15) is 13.8 Å². The Balaban J connectivity index is 3.17. The highest BCUT2D eigenvalue weighted by Crippen LogP contribution is 2.25. The van der Waals surface area contributed by atoms with E-state index >= 15 is 0 Å². The first-order valence-corrected chi connectivity index (χ1v) is 7.59. The number of carboxylic acid groups (broad SMARTS) is 1. The van der Waals surface area contributed by atoms with Crippen molar-refractivity contribution >= 4 is 39.2 Å². The molecule has 1 unspecified atom stereocenters. The number of hydrogen-bond acceptors (Lipinski definition) is 3. The fraction of sp³-hybridized carbons (Fsp3) is 0.364. The molecule has 0 heterocycles. The first kappa shape index (κ1) is 16.2. The second-order valence-corrected chi connectivity index (χ2v) is 6.78. The lowest BCUT2D eigenvalue weighted by molar-refractivity contribution is -0.140. The van der Waals surface area contributed by atoms with Crippen molar-refractivity contribution in [3.05, 3.63) is 28.2 Å². The van der Waals surface area contributed by atoms with Crippen LogP contribution < -0.4 is 4.72 Å². The van der Waals surface area contributed by atoms with E-state index in [-0.39, 0.29) is 14.9 Å². The van der Waals surface area contributed by atoms with Crippen LogP contribution >= 0.6 is 23.2 Å². The van der Waals surface area contributed by atoms with Crippen LogP contribution in [0.3, 0.4) is 0 Å². The molecule has 1 rings (SSSR count). The molecule has 0 amide bonds. The van der Waals surface area contributed by atoms with Gasteiger partial charge in [-0.15, -0.1) is 0 Å². The van der Waals surface area contributed by atoms with Crippen LogP contribution in [0.5, 0.6) is 0 Å². The van der Waals surface area contributed by atoms with E-state index in [1.54, 1.807) is 13.8 Å². The summed E-state index contributed by atoms with van der Waals surface area (Å²) in [6.45, 7) is 3.20. The molecule has 0 aliphatic rings. The standard InChI is InChI=1S/C11H13Cl2NO4S/c1-6(2)10(11(15)16)14-19(17,18)9-5-7(12)3-4-8(9)13/h3-6,10,14H,1-2H3,(H,15,16). The van der Waals surface area contributed by atoms with Gasteiger partial charge in [0.15, 0.2) is 0 Å². The van der Waals surface area contributed by atoms with Gasteiger partial charge in [0.1, 0.15) is 10.9 Å². The highest BCUT2D eigenvalue weighted by Gasteiger charge is 2.29. The van der Waals surface area contributed by atoms with Crippen molar-refractivity contribution in [1.29, 1.82) is 0 Å². The molecule has 1 aromatic carbocycles. The number of sulfonamides is 1. The smallest absolute Gasteiger partial charge is 0.322 e. The van der Waals surface area contributed by atoms with Gasteiger partial charge in [0, 0.05) is 5.02 Å². The number of carbonyl (C=O) groups is 1. The number of halogens is 2. The van der Waals surface area contributed by atoms with Crippen LogP contribution in [0.4, 0.5) is 0 Å². The van der Waals surface area contributed by atoms with Gasteiger partial charge >= 0.3 is 5.97 Å². The van der Waals surface area contributed by atoms with Crippen molar-refractivity contribution in [3.63, 3.8) is 0 Å². The molecule has 5 nitrogen and oxygen atoms in total. The molecule has 0 saturated heterocycles. The zero-order valence-corrected chi connectivity index (χ0v) is 12.6. The van der Waals surface area contributed by atoms with Crippen molar-refractivity contribution in [1.82, 2.24) is 4.72 Å². The zero-order valence-electron chi connectivity index (χ0n) is 10.2. The highest BCUT2D eigenvalue weighted by molar-refractivity contribution is 7.89. The number of rotatable bonds is 5. The maximum absolute atomic E-state index is 12.1. The summed E-state index contributed by atoms with van der Waals surface area (Å²) < 4.78 is 26.3. The second-order valence-electron chi connectivity index (χ2n) is 4.26. The number of nitrogens with one attached hydrogen (secondary N) is 1. The van der Waals surface area contributed by atoms with Gasteiger partial charge < -0.3 is 5.11 Å². The summed E-state index contributed by atoms with van der Waals surface area (Å²) in [5.74, 6) is -1.66. The summed E-state index contributed by atoms with van der Waals surface area (Å²) in [4.78, 5) is 10.8. The van der Waals surface area contributed by atoms with Crippen molar-refractivity contribution < 1.29 is 18.3 Å². The fourth-order valence-corrected chi connectivity index (χ4v) is 3.49. The molecule has 106 valence electrons. The molecule has 0 radical (unpaired) electrons. The molecule has 19 heavy (non-hydrogen) atoms. The molecule has 0 aromatic heterocycles. The van der Waals surface area contributed by atoms with E-state index in [1.165, 1.54) is 18.2 Å². The largest absolute Gasteiger partial charge is 0.480 e. The maximum atomic E-state index is 12.1. The third-order valence-corrected chi connectivity index (χ3v) is 4.56. The molecule has 0 fully saturated rings. The predicted molar refractivity (Wildman–Crippen MR) is 73.0 cm³/mol. The van der Waals surface area contributed by atoms with Gasteiger partial charge in [-0.3, -0.25) is 4.79 Å². The van der Waals surface area contributed by atoms with Crippen LogP contribution in [0, 0.1) is 5.92 Å². The molecule has 0 aliphatic carbocycles. The highest BCUT2D eigenvalue weighted by atomic mass is 35.5. The van der Waals surface area contributed by atoms with Gasteiger partial charge in [-0.1, -0.05) is 37.0 Å². The average molecular weight is 326 g/mol. The lowest BCUT2D eigenvalue weighted by atomic mass is 10.1. The summed E-state index contributed by atoms with van der Waals surface area (Å²) in [5, 5.41) is 9.16. The third-order valence-electron chi connectivity index (χ3n) is 2.40.